The first-order chi connectivity index (χ1) is 9.13. The van der Waals surface area contributed by atoms with Gasteiger partial charge in [-0.15, -0.1) is 0 Å². The molecule has 19 heavy (non-hydrogen) atoms. The number of piperazine rings is 1. The van der Waals surface area contributed by atoms with Gasteiger partial charge in [0.25, 0.3) is 0 Å². The van der Waals surface area contributed by atoms with Crippen molar-refractivity contribution in [3.63, 3.8) is 0 Å². The van der Waals surface area contributed by atoms with Crippen molar-refractivity contribution in [1.29, 1.82) is 0 Å². The third-order valence-electron chi connectivity index (χ3n) is 3.51. The van der Waals surface area contributed by atoms with Crippen LogP contribution in [0.5, 0.6) is 5.75 Å². The number of amides is 1. The second-order valence-corrected chi connectivity index (χ2v) is 5.14. The summed E-state index contributed by atoms with van der Waals surface area (Å²) >= 11 is 0. The van der Waals surface area contributed by atoms with Crippen LogP contribution < -0.4 is 9.64 Å². The van der Waals surface area contributed by atoms with E-state index in [4.69, 9.17) is 4.74 Å². The van der Waals surface area contributed by atoms with Crippen molar-refractivity contribution >= 4 is 11.6 Å². The molecular formula is C15H22N2O2. The third-order valence-corrected chi connectivity index (χ3v) is 3.51. The van der Waals surface area contributed by atoms with E-state index in [0.29, 0.717) is 0 Å². The van der Waals surface area contributed by atoms with Crippen LogP contribution in [0.2, 0.25) is 0 Å². The van der Waals surface area contributed by atoms with Gasteiger partial charge < -0.3 is 14.5 Å². The van der Waals surface area contributed by atoms with Crippen LogP contribution in [0, 0.1) is 5.92 Å². The molecule has 0 spiro atoms. The van der Waals surface area contributed by atoms with Crippen LogP contribution in [-0.4, -0.2) is 44.1 Å². The van der Waals surface area contributed by atoms with Crippen molar-refractivity contribution in [2.24, 2.45) is 5.92 Å². The highest BCUT2D eigenvalue weighted by Gasteiger charge is 2.23. The fourth-order valence-corrected chi connectivity index (χ4v) is 2.42. The predicted octanol–water partition coefficient (Wildman–Crippen LogP) is 2.00. The first kappa shape index (κ1) is 13.7. The van der Waals surface area contributed by atoms with E-state index in [1.165, 1.54) is 0 Å². The molecule has 1 heterocycles. The molecule has 1 aliphatic rings. The summed E-state index contributed by atoms with van der Waals surface area (Å²) < 4.78 is 5.39. The first-order valence-electron chi connectivity index (χ1n) is 6.80. The quantitative estimate of drug-likeness (QED) is 0.835. The second kappa shape index (κ2) is 5.95. The fourth-order valence-electron chi connectivity index (χ4n) is 2.42. The standard InChI is InChI=1S/C15H22N2O2/c1-12(2)15(18)17-10-8-16(9-11-17)13-6-4-5-7-14(13)19-3/h4-7,12H,8-11H2,1-3H3. The van der Waals surface area contributed by atoms with Gasteiger partial charge in [-0.05, 0) is 12.1 Å². The highest BCUT2D eigenvalue weighted by molar-refractivity contribution is 5.78. The van der Waals surface area contributed by atoms with Crippen molar-refractivity contribution in [1.82, 2.24) is 4.90 Å². The number of benzene rings is 1. The smallest absolute Gasteiger partial charge is 0.225 e. The Labute approximate surface area is 115 Å². The summed E-state index contributed by atoms with van der Waals surface area (Å²) in [6.45, 7) is 7.20. The van der Waals surface area contributed by atoms with Gasteiger partial charge in [-0.1, -0.05) is 26.0 Å². The summed E-state index contributed by atoms with van der Waals surface area (Å²) in [6.07, 6.45) is 0. The third kappa shape index (κ3) is 3.00. The highest BCUT2D eigenvalue weighted by Crippen LogP contribution is 2.28. The SMILES string of the molecule is COc1ccccc1N1CCN(C(=O)C(C)C)CC1. The second-order valence-electron chi connectivity index (χ2n) is 5.14. The number of rotatable bonds is 3. The largest absolute Gasteiger partial charge is 0.495 e. The molecule has 0 aliphatic carbocycles. The molecule has 0 saturated carbocycles. The van der Waals surface area contributed by atoms with Crippen molar-refractivity contribution in [2.75, 3.05) is 38.2 Å². The van der Waals surface area contributed by atoms with Crippen LogP contribution in [0.1, 0.15) is 13.8 Å². The monoisotopic (exact) mass is 262 g/mol. The van der Waals surface area contributed by atoms with E-state index in [0.717, 1.165) is 37.6 Å². The lowest BCUT2D eigenvalue weighted by atomic mass is 10.1. The molecule has 1 fully saturated rings. The van der Waals surface area contributed by atoms with Crippen LogP contribution in [0.25, 0.3) is 0 Å². The van der Waals surface area contributed by atoms with E-state index in [-0.39, 0.29) is 11.8 Å². The average Bonchev–Trinajstić information content (AvgIpc) is 2.46. The molecule has 1 saturated heterocycles. The molecule has 4 nitrogen and oxygen atoms in total. The van der Waals surface area contributed by atoms with Gasteiger partial charge in [0.1, 0.15) is 5.75 Å². The van der Waals surface area contributed by atoms with E-state index in [2.05, 4.69) is 11.0 Å². The number of methoxy groups -OCH3 is 1. The fraction of sp³-hybridized carbons (Fsp3) is 0.533. The Morgan fingerprint density at radius 1 is 1.16 bits per heavy atom. The first-order valence-corrected chi connectivity index (χ1v) is 6.80. The molecule has 0 unspecified atom stereocenters. The van der Waals surface area contributed by atoms with Crippen LogP contribution in [-0.2, 0) is 4.79 Å². The lowest BCUT2D eigenvalue weighted by molar-refractivity contribution is -0.134. The number of anilines is 1. The minimum Gasteiger partial charge on any atom is -0.495 e. The van der Waals surface area contributed by atoms with Crippen LogP contribution >= 0.6 is 0 Å². The Hall–Kier alpha value is -1.71. The number of carbonyl (C=O) groups is 1. The van der Waals surface area contributed by atoms with E-state index in [1.807, 2.05) is 36.9 Å². The molecule has 1 aromatic carbocycles. The van der Waals surface area contributed by atoms with Crippen LogP contribution in [0.4, 0.5) is 5.69 Å². The lowest BCUT2D eigenvalue weighted by Crippen LogP contribution is -2.50. The number of carbonyl (C=O) groups excluding carboxylic acids is 1. The summed E-state index contributed by atoms with van der Waals surface area (Å²) in [5.41, 5.74) is 1.11. The van der Waals surface area contributed by atoms with E-state index < -0.39 is 0 Å². The molecule has 0 aromatic heterocycles. The Bertz CT molecular complexity index is 438. The molecule has 104 valence electrons. The molecular weight excluding hydrogens is 240 g/mol. The Kier molecular flexibility index (Phi) is 4.30. The molecule has 0 radical (unpaired) electrons. The Morgan fingerprint density at radius 3 is 2.37 bits per heavy atom. The van der Waals surface area contributed by atoms with Gasteiger partial charge >= 0.3 is 0 Å². The Morgan fingerprint density at radius 2 is 1.79 bits per heavy atom. The van der Waals surface area contributed by atoms with Crippen molar-refractivity contribution in [3.8, 4) is 5.75 Å². The molecule has 0 N–H and O–H groups in total. The predicted molar refractivity (Wildman–Crippen MR) is 76.6 cm³/mol. The highest BCUT2D eigenvalue weighted by atomic mass is 16.5. The molecule has 2 rings (SSSR count). The minimum absolute atomic E-state index is 0.0813. The zero-order valence-corrected chi connectivity index (χ0v) is 11.9. The van der Waals surface area contributed by atoms with E-state index in [9.17, 15) is 4.79 Å². The van der Waals surface area contributed by atoms with Gasteiger partial charge in [0.2, 0.25) is 5.91 Å². The number of ether oxygens (including phenoxy) is 1. The lowest BCUT2D eigenvalue weighted by Gasteiger charge is -2.37. The van der Waals surface area contributed by atoms with E-state index in [1.54, 1.807) is 7.11 Å². The van der Waals surface area contributed by atoms with Crippen LogP contribution in [0.3, 0.4) is 0 Å². The maximum atomic E-state index is 11.9. The van der Waals surface area contributed by atoms with Gasteiger partial charge in [0.15, 0.2) is 0 Å². The summed E-state index contributed by atoms with van der Waals surface area (Å²) in [5, 5.41) is 0. The van der Waals surface area contributed by atoms with Crippen molar-refractivity contribution in [2.45, 2.75) is 13.8 Å². The summed E-state index contributed by atoms with van der Waals surface area (Å²) in [5.74, 6) is 1.23. The van der Waals surface area contributed by atoms with Gasteiger partial charge in [0, 0.05) is 32.1 Å². The maximum absolute atomic E-state index is 11.9. The normalized spacial score (nSPS) is 15.8. The number of hydrogen-bond acceptors (Lipinski definition) is 3. The zero-order chi connectivity index (χ0) is 13.8. The zero-order valence-electron chi connectivity index (χ0n) is 11.9. The molecule has 1 aromatic rings. The topological polar surface area (TPSA) is 32.8 Å². The summed E-state index contributed by atoms with van der Waals surface area (Å²) in [6, 6.07) is 8.03. The number of nitrogens with zero attached hydrogens (tertiary/aromatic N) is 2. The van der Waals surface area contributed by atoms with Gasteiger partial charge in [0.05, 0.1) is 12.8 Å². The van der Waals surface area contributed by atoms with Gasteiger partial charge in [-0.2, -0.15) is 0 Å². The van der Waals surface area contributed by atoms with E-state index >= 15 is 0 Å². The summed E-state index contributed by atoms with van der Waals surface area (Å²) in [4.78, 5) is 16.2. The average molecular weight is 262 g/mol. The Balaban J connectivity index is 2.02. The summed E-state index contributed by atoms with van der Waals surface area (Å²) in [7, 11) is 1.69. The molecule has 0 bridgehead atoms. The molecule has 1 aliphatic heterocycles. The van der Waals surface area contributed by atoms with Gasteiger partial charge in [-0.3, -0.25) is 4.79 Å². The van der Waals surface area contributed by atoms with Gasteiger partial charge in [-0.25, -0.2) is 0 Å². The van der Waals surface area contributed by atoms with Crippen molar-refractivity contribution in [3.05, 3.63) is 24.3 Å². The minimum atomic E-state index is 0.0813. The number of hydrogen-bond donors (Lipinski definition) is 0. The molecule has 0 atom stereocenters. The van der Waals surface area contributed by atoms with Crippen molar-refractivity contribution < 1.29 is 9.53 Å². The molecule has 4 heteroatoms. The molecule has 1 amide bonds. The number of para-hydroxylation sites is 2. The maximum Gasteiger partial charge on any atom is 0.225 e. The van der Waals surface area contributed by atoms with Crippen LogP contribution in [0.15, 0.2) is 24.3 Å².